The number of nitrogens with zero attached hydrogens (tertiary/aromatic N) is 2. The maximum Gasteiger partial charge on any atom is 0.270 e. The molecule has 0 N–H and O–H groups in total. The third-order valence-corrected chi connectivity index (χ3v) is 4.86. The zero-order valence-electron chi connectivity index (χ0n) is 17.4. The molecule has 0 saturated heterocycles. The number of benzene rings is 2. The van der Waals surface area contributed by atoms with Crippen LogP contribution in [-0.2, 0) is 6.42 Å². The molecule has 5 heteroatoms. The summed E-state index contributed by atoms with van der Waals surface area (Å²) in [5, 5.41) is 10.9. The Morgan fingerprint density at radius 3 is 2.57 bits per heavy atom. The van der Waals surface area contributed by atoms with Crippen LogP contribution in [0, 0.1) is 24.0 Å². The minimum atomic E-state index is -0.395. The molecule has 0 aliphatic carbocycles. The summed E-state index contributed by atoms with van der Waals surface area (Å²) in [6.45, 7) is 4.70. The number of hydrogen-bond donors (Lipinski definition) is 0. The van der Waals surface area contributed by atoms with E-state index >= 15 is 0 Å². The highest BCUT2D eigenvalue weighted by molar-refractivity contribution is 5.70. The number of unbranched alkanes of at least 4 members (excludes halogenated alkanes) is 1. The van der Waals surface area contributed by atoms with Crippen molar-refractivity contribution in [2.45, 2.75) is 33.1 Å². The average Bonchev–Trinajstić information content (AvgIpc) is 2.75. The van der Waals surface area contributed by atoms with Crippen LogP contribution in [0.3, 0.4) is 0 Å². The topological polar surface area (TPSA) is 65.3 Å². The van der Waals surface area contributed by atoms with Gasteiger partial charge in [0.05, 0.1) is 17.2 Å². The number of aryl methyl sites for hydroxylation is 3. The van der Waals surface area contributed by atoms with Gasteiger partial charge in [0.15, 0.2) is 0 Å². The Morgan fingerprint density at radius 2 is 1.80 bits per heavy atom. The van der Waals surface area contributed by atoms with E-state index in [2.05, 4.69) is 36.2 Å². The van der Waals surface area contributed by atoms with Crippen LogP contribution in [0.25, 0.3) is 12.2 Å². The van der Waals surface area contributed by atoms with E-state index in [1.165, 1.54) is 17.2 Å². The van der Waals surface area contributed by atoms with Crippen molar-refractivity contribution in [2.24, 2.45) is 0 Å². The number of nitro groups is 1. The molecule has 0 aliphatic heterocycles. The van der Waals surface area contributed by atoms with Gasteiger partial charge in [-0.05, 0) is 55.9 Å². The Morgan fingerprint density at radius 1 is 1.00 bits per heavy atom. The fraction of sp³-hybridized carbons (Fsp3) is 0.240. The van der Waals surface area contributed by atoms with Gasteiger partial charge in [0.1, 0.15) is 0 Å². The quantitative estimate of drug-likeness (QED) is 0.244. The largest absolute Gasteiger partial charge is 0.478 e. The van der Waals surface area contributed by atoms with Crippen molar-refractivity contribution in [3.8, 4) is 5.88 Å². The zero-order valence-corrected chi connectivity index (χ0v) is 17.4. The normalized spacial score (nSPS) is 11.0. The lowest BCUT2D eigenvalue weighted by atomic mass is 10.1. The van der Waals surface area contributed by atoms with Crippen LogP contribution in [0.15, 0.2) is 60.7 Å². The summed E-state index contributed by atoms with van der Waals surface area (Å²) in [6, 6.07) is 19.0. The summed E-state index contributed by atoms with van der Waals surface area (Å²) in [5.74, 6) is 0.592. The van der Waals surface area contributed by atoms with Crippen LogP contribution < -0.4 is 4.74 Å². The Kier molecular flexibility index (Phi) is 7.33. The van der Waals surface area contributed by atoms with Gasteiger partial charge in [0, 0.05) is 18.2 Å². The van der Waals surface area contributed by atoms with Gasteiger partial charge >= 0.3 is 0 Å². The highest BCUT2D eigenvalue weighted by Crippen LogP contribution is 2.18. The molecule has 0 fully saturated rings. The molecule has 3 aromatic rings. The minimum Gasteiger partial charge on any atom is -0.478 e. The molecular formula is C25H26N2O3. The highest BCUT2D eigenvalue weighted by atomic mass is 16.6. The van der Waals surface area contributed by atoms with Crippen molar-refractivity contribution >= 4 is 17.8 Å². The van der Waals surface area contributed by atoms with E-state index < -0.39 is 4.92 Å². The second kappa shape index (κ2) is 10.3. The molecule has 154 valence electrons. The van der Waals surface area contributed by atoms with E-state index in [-0.39, 0.29) is 5.69 Å². The number of aromatic nitrogens is 1. The van der Waals surface area contributed by atoms with Gasteiger partial charge in [-0.1, -0.05) is 54.1 Å². The van der Waals surface area contributed by atoms with Crippen LogP contribution in [0.2, 0.25) is 0 Å². The lowest BCUT2D eigenvalue weighted by molar-refractivity contribution is -0.384. The Hall–Kier alpha value is -3.47. The summed E-state index contributed by atoms with van der Waals surface area (Å²) in [4.78, 5) is 15.1. The molecule has 2 aromatic carbocycles. The van der Waals surface area contributed by atoms with Crippen molar-refractivity contribution in [1.29, 1.82) is 0 Å². The maximum absolute atomic E-state index is 10.9. The molecule has 1 heterocycles. The van der Waals surface area contributed by atoms with E-state index in [9.17, 15) is 10.1 Å². The van der Waals surface area contributed by atoms with Gasteiger partial charge in [0.25, 0.3) is 5.69 Å². The molecule has 5 nitrogen and oxygen atoms in total. The monoisotopic (exact) mass is 402 g/mol. The summed E-state index contributed by atoms with van der Waals surface area (Å²) in [7, 11) is 0. The first-order valence-electron chi connectivity index (χ1n) is 10.1. The molecule has 30 heavy (non-hydrogen) atoms. The standard InChI is InChI=1S/C25H26N2O3/c1-19-9-12-21(13-10-19)6-3-4-17-30-25-16-11-20(2)24(26-25)15-14-22-7-5-8-23(18-22)27(28)29/h5,7-16,18H,3-4,6,17H2,1-2H3. The van der Waals surface area contributed by atoms with Crippen molar-refractivity contribution in [3.63, 3.8) is 0 Å². The molecule has 0 saturated carbocycles. The fourth-order valence-electron chi connectivity index (χ4n) is 3.05. The molecule has 0 spiro atoms. The third kappa shape index (κ3) is 6.27. The summed E-state index contributed by atoms with van der Waals surface area (Å²) in [5.41, 5.74) is 5.27. The SMILES string of the molecule is Cc1ccc(CCCCOc2ccc(C)c(C=Cc3cccc([N+](=O)[O-])c3)n2)cc1. The second-order valence-corrected chi connectivity index (χ2v) is 7.33. The minimum absolute atomic E-state index is 0.0737. The van der Waals surface area contributed by atoms with Gasteiger partial charge in [-0.25, -0.2) is 4.98 Å². The second-order valence-electron chi connectivity index (χ2n) is 7.33. The summed E-state index contributed by atoms with van der Waals surface area (Å²) in [6.07, 6.45) is 6.76. The van der Waals surface area contributed by atoms with E-state index in [0.717, 1.165) is 36.1 Å². The number of hydrogen-bond acceptors (Lipinski definition) is 4. The van der Waals surface area contributed by atoms with E-state index in [4.69, 9.17) is 4.74 Å². The number of rotatable bonds is 9. The molecule has 0 aliphatic rings. The van der Waals surface area contributed by atoms with Gasteiger partial charge in [-0.3, -0.25) is 10.1 Å². The predicted molar refractivity (Wildman–Crippen MR) is 121 cm³/mol. The molecule has 0 radical (unpaired) electrons. The van der Waals surface area contributed by atoms with Gasteiger partial charge < -0.3 is 4.74 Å². The number of pyridine rings is 1. The molecule has 3 rings (SSSR count). The van der Waals surface area contributed by atoms with Crippen LogP contribution in [0.4, 0.5) is 5.69 Å². The third-order valence-electron chi connectivity index (χ3n) is 4.86. The molecule has 0 atom stereocenters. The van der Waals surface area contributed by atoms with Gasteiger partial charge in [-0.2, -0.15) is 0 Å². The number of non-ortho nitro benzene ring substituents is 1. The van der Waals surface area contributed by atoms with E-state index in [1.54, 1.807) is 12.1 Å². The zero-order chi connectivity index (χ0) is 21.3. The van der Waals surface area contributed by atoms with Crippen LogP contribution in [-0.4, -0.2) is 16.5 Å². The lowest BCUT2D eigenvalue weighted by Crippen LogP contribution is -2.01. The molecule has 0 bridgehead atoms. The average molecular weight is 402 g/mol. The Balaban J connectivity index is 1.53. The predicted octanol–water partition coefficient (Wildman–Crippen LogP) is 6.18. The van der Waals surface area contributed by atoms with E-state index in [1.807, 2.05) is 37.3 Å². The first-order chi connectivity index (χ1) is 14.5. The summed E-state index contributed by atoms with van der Waals surface area (Å²) >= 11 is 0. The lowest BCUT2D eigenvalue weighted by Gasteiger charge is -2.08. The van der Waals surface area contributed by atoms with Crippen molar-refractivity contribution in [2.75, 3.05) is 6.61 Å². The van der Waals surface area contributed by atoms with Gasteiger partial charge in [0.2, 0.25) is 5.88 Å². The van der Waals surface area contributed by atoms with Crippen molar-refractivity contribution < 1.29 is 9.66 Å². The molecule has 0 amide bonds. The molecule has 0 unspecified atom stereocenters. The Bertz CT molecular complexity index is 1030. The maximum atomic E-state index is 10.9. The fourth-order valence-corrected chi connectivity index (χ4v) is 3.05. The van der Waals surface area contributed by atoms with Crippen LogP contribution >= 0.6 is 0 Å². The van der Waals surface area contributed by atoms with Gasteiger partial charge in [-0.15, -0.1) is 0 Å². The van der Waals surface area contributed by atoms with Crippen molar-refractivity contribution in [1.82, 2.24) is 4.98 Å². The molecular weight excluding hydrogens is 376 g/mol. The first-order valence-corrected chi connectivity index (χ1v) is 10.1. The highest BCUT2D eigenvalue weighted by Gasteiger charge is 2.05. The first kappa shape index (κ1) is 21.2. The number of ether oxygens (including phenoxy) is 1. The smallest absolute Gasteiger partial charge is 0.270 e. The summed E-state index contributed by atoms with van der Waals surface area (Å²) < 4.78 is 5.83. The van der Waals surface area contributed by atoms with Crippen molar-refractivity contribution in [3.05, 3.63) is 98.7 Å². The number of nitro benzene ring substituents is 1. The molecule has 1 aromatic heterocycles. The van der Waals surface area contributed by atoms with Crippen LogP contribution in [0.5, 0.6) is 5.88 Å². The van der Waals surface area contributed by atoms with E-state index in [0.29, 0.717) is 12.5 Å². The Labute approximate surface area is 177 Å². The van der Waals surface area contributed by atoms with Crippen LogP contribution in [0.1, 0.15) is 40.8 Å².